The molecule has 0 fully saturated rings. The molecule has 0 bridgehead atoms. The Labute approximate surface area is 212 Å². The molecule has 11 heteroatoms. The fraction of sp³-hybridized carbons (Fsp3) is 0.600. The van der Waals surface area contributed by atoms with Crippen LogP contribution in [-0.2, 0) is 30.4 Å². The summed E-state index contributed by atoms with van der Waals surface area (Å²) in [7, 11) is 0. The van der Waals surface area contributed by atoms with Gasteiger partial charge in [-0.3, -0.25) is 4.79 Å². The van der Waals surface area contributed by atoms with E-state index in [1.807, 2.05) is 26.8 Å². The van der Waals surface area contributed by atoms with E-state index in [1.54, 1.807) is 52.0 Å². The van der Waals surface area contributed by atoms with Crippen molar-refractivity contribution in [2.24, 2.45) is 0 Å². The monoisotopic (exact) mass is 509 g/mol. The van der Waals surface area contributed by atoms with E-state index < -0.39 is 47.4 Å². The van der Waals surface area contributed by atoms with Crippen molar-refractivity contribution in [2.75, 3.05) is 6.54 Å². The second-order valence-electron chi connectivity index (χ2n) is 10.3. The van der Waals surface area contributed by atoms with Crippen molar-refractivity contribution in [2.45, 2.75) is 91.3 Å². The van der Waals surface area contributed by atoms with Crippen LogP contribution in [0.15, 0.2) is 30.3 Å². The molecule has 36 heavy (non-hydrogen) atoms. The van der Waals surface area contributed by atoms with Gasteiger partial charge in [0.15, 0.2) is 6.04 Å². The summed E-state index contributed by atoms with van der Waals surface area (Å²) in [5.74, 6) is -2.06. The Balaban J connectivity index is 2.95. The first-order chi connectivity index (χ1) is 16.6. The van der Waals surface area contributed by atoms with Crippen LogP contribution in [0.3, 0.4) is 0 Å². The van der Waals surface area contributed by atoms with Gasteiger partial charge in [-0.25, -0.2) is 24.8 Å². The van der Waals surface area contributed by atoms with Gasteiger partial charge in [0.1, 0.15) is 12.2 Å². The van der Waals surface area contributed by atoms with Crippen LogP contribution in [0.4, 0.5) is 9.59 Å². The summed E-state index contributed by atoms with van der Waals surface area (Å²) in [6.07, 6.45) is -2.68. The van der Waals surface area contributed by atoms with Gasteiger partial charge in [-0.1, -0.05) is 30.3 Å². The molecular formula is C25H39N3O8. The van der Waals surface area contributed by atoms with Crippen LogP contribution < -0.4 is 10.7 Å². The van der Waals surface area contributed by atoms with Crippen molar-refractivity contribution in [3.8, 4) is 0 Å². The Kier molecular flexibility index (Phi) is 11.7. The van der Waals surface area contributed by atoms with Crippen molar-refractivity contribution in [3.05, 3.63) is 35.9 Å². The minimum absolute atomic E-state index is 0.0732. The number of nitrogens with zero attached hydrogens (tertiary/aromatic N) is 1. The molecule has 202 valence electrons. The van der Waals surface area contributed by atoms with E-state index in [4.69, 9.17) is 14.2 Å². The number of benzene rings is 1. The number of amides is 3. The molecule has 2 unspecified atom stereocenters. The minimum Gasteiger partial charge on any atom is -0.480 e. The lowest BCUT2D eigenvalue weighted by Gasteiger charge is -2.31. The third-order valence-electron chi connectivity index (χ3n) is 4.39. The summed E-state index contributed by atoms with van der Waals surface area (Å²) in [6.45, 7) is 12.0. The van der Waals surface area contributed by atoms with Crippen molar-refractivity contribution in [1.82, 2.24) is 15.8 Å². The number of alkyl carbamates (subject to hydrolysis) is 1. The van der Waals surface area contributed by atoms with Crippen molar-refractivity contribution in [3.63, 3.8) is 0 Å². The highest BCUT2D eigenvalue weighted by atomic mass is 16.6. The highest BCUT2D eigenvalue weighted by molar-refractivity contribution is 5.85. The molecule has 0 saturated heterocycles. The lowest BCUT2D eigenvalue weighted by molar-refractivity contribution is -0.155. The van der Waals surface area contributed by atoms with Crippen LogP contribution >= 0.6 is 0 Å². The summed E-state index contributed by atoms with van der Waals surface area (Å²) in [4.78, 5) is 49.5. The Hall–Kier alpha value is -3.34. The third kappa shape index (κ3) is 12.9. The molecule has 0 spiro atoms. The molecule has 0 aliphatic rings. The molecule has 3 N–H and O–H groups in total. The molecule has 0 saturated carbocycles. The standard InChI is InChI=1S/C25H39N3O8/c1-17(35-24(2,3)4)15-20(29)28(27-23(33)34-16-18-11-9-8-10-12-18)19(21(30)31)13-14-26-22(32)36-25(5,6)7/h8-12,17,19H,13-16H2,1-7H3,(H,26,32)(H,27,33)(H,30,31). The number of hydrazine groups is 1. The quantitative estimate of drug-likeness (QED) is 0.406. The van der Waals surface area contributed by atoms with Crippen LogP contribution in [0.2, 0.25) is 0 Å². The number of ether oxygens (including phenoxy) is 3. The Morgan fingerprint density at radius 1 is 0.972 bits per heavy atom. The fourth-order valence-corrected chi connectivity index (χ4v) is 3.15. The zero-order valence-corrected chi connectivity index (χ0v) is 22.1. The number of hydrogen-bond donors (Lipinski definition) is 3. The molecule has 3 amide bonds. The van der Waals surface area contributed by atoms with Crippen LogP contribution in [0, 0.1) is 0 Å². The number of carbonyl (C=O) groups is 4. The van der Waals surface area contributed by atoms with Gasteiger partial charge in [0.2, 0.25) is 5.91 Å². The highest BCUT2D eigenvalue weighted by Gasteiger charge is 2.33. The van der Waals surface area contributed by atoms with Gasteiger partial charge in [-0.15, -0.1) is 0 Å². The molecule has 0 aliphatic heterocycles. The van der Waals surface area contributed by atoms with Gasteiger partial charge in [0, 0.05) is 6.54 Å². The molecule has 11 nitrogen and oxygen atoms in total. The molecule has 0 heterocycles. The van der Waals surface area contributed by atoms with E-state index >= 15 is 0 Å². The van der Waals surface area contributed by atoms with E-state index in [2.05, 4.69) is 10.7 Å². The van der Waals surface area contributed by atoms with E-state index in [9.17, 15) is 24.3 Å². The molecule has 1 aromatic carbocycles. The number of rotatable bonds is 10. The fourth-order valence-electron chi connectivity index (χ4n) is 3.15. The third-order valence-corrected chi connectivity index (χ3v) is 4.39. The number of carboxylic acids is 1. The highest BCUT2D eigenvalue weighted by Crippen LogP contribution is 2.15. The van der Waals surface area contributed by atoms with Gasteiger partial charge in [-0.2, -0.15) is 0 Å². The topological polar surface area (TPSA) is 144 Å². The van der Waals surface area contributed by atoms with Crippen molar-refractivity contribution < 1.29 is 38.5 Å². The number of carboxylic acid groups (broad SMARTS) is 1. The first-order valence-corrected chi connectivity index (χ1v) is 11.7. The molecular weight excluding hydrogens is 470 g/mol. The van der Waals surface area contributed by atoms with Crippen LogP contribution in [0.5, 0.6) is 0 Å². The Morgan fingerprint density at radius 3 is 2.11 bits per heavy atom. The van der Waals surface area contributed by atoms with E-state index in [0.29, 0.717) is 5.56 Å². The lowest BCUT2D eigenvalue weighted by Crippen LogP contribution is -2.56. The summed E-state index contributed by atoms with van der Waals surface area (Å²) in [5.41, 5.74) is 1.71. The van der Waals surface area contributed by atoms with Gasteiger partial charge >= 0.3 is 18.2 Å². The SMILES string of the molecule is CC(CC(=O)N(NC(=O)OCc1ccccc1)C(CCNC(=O)OC(C)(C)C)C(=O)O)OC(C)(C)C. The molecule has 1 rings (SSSR count). The maximum atomic E-state index is 13.1. The number of aliphatic carboxylic acids is 1. The molecule has 0 radical (unpaired) electrons. The predicted octanol–water partition coefficient (Wildman–Crippen LogP) is 3.62. The van der Waals surface area contributed by atoms with E-state index in [-0.39, 0.29) is 26.0 Å². The Morgan fingerprint density at radius 2 is 1.58 bits per heavy atom. The summed E-state index contributed by atoms with van der Waals surface area (Å²) >= 11 is 0. The van der Waals surface area contributed by atoms with Crippen LogP contribution in [-0.4, -0.2) is 64.1 Å². The summed E-state index contributed by atoms with van der Waals surface area (Å²) in [5, 5.41) is 13.0. The van der Waals surface area contributed by atoms with Crippen molar-refractivity contribution >= 4 is 24.1 Å². The Bertz CT molecular complexity index is 878. The normalized spacial score (nSPS) is 13.2. The van der Waals surface area contributed by atoms with Gasteiger partial charge in [0.05, 0.1) is 18.1 Å². The van der Waals surface area contributed by atoms with Gasteiger partial charge in [0.25, 0.3) is 0 Å². The maximum Gasteiger partial charge on any atom is 0.426 e. The van der Waals surface area contributed by atoms with Crippen molar-refractivity contribution in [1.29, 1.82) is 0 Å². The number of nitrogens with one attached hydrogen (secondary N) is 2. The predicted molar refractivity (Wildman–Crippen MR) is 132 cm³/mol. The average molecular weight is 510 g/mol. The average Bonchev–Trinajstić information content (AvgIpc) is 2.71. The molecule has 1 aromatic rings. The van der Waals surface area contributed by atoms with Gasteiger partial charge < -0.3 is 24.6 Å². The van der Waals surface area contributed by atoms with Crippen LogP contribution in [0.25, 0.3) is 0 Å². The first-order valence-electron chi connectivity index (χ1n) is 11.7. The second-order valence-corrected chi connectivity index (χ2v) is 10.3. The first kappa shape index (κ1) is 30.7. The second kappa shape index (κ2) is 13.7. The smallest absolute Gasteiger partial charge is 0.426 e. The number of hydrogen-bond acceptors (Lipinski definition) is 7. The largest absolute Gasteiger partial charge is 0.480 e. The van der Waals surface area contributed by atoms with Gasteiger partial charge in [-0.05, 0) is 60.5 Å². The molecule has 0 aliphatic carbocycles. The van der Waals surface area contributed by atoms with Crippen LogP contribution in [0.1, 0.15) is 66.9 Å². The zero-order chi connectivity index (χ0) is 27.5. The maximum absolute atomic E-state index is 13.1. The number of carbonyl (C=O) groups excluding carboxylic acids is 3. The van der Waals surface area contributed by atoms with E-state index in [0.717, 1.165) is 5.01 Å². The summed E-state index contributed by atoms with van der Waals surface area (Å²) < 4.78 is 16.1. The summed E-state index contributed by atoms with van der Waals surface area (Å²) in [6, 6.07) is 7.39. The zero-order valence-electron chi connectivity index (χ0n) is 22.1. The lowest BCUT2D eigenvalue weighted by atomic mass is 10.1. The minimum atomic E-state index is -1.49. The van der Waals surface area contributed by atoms with E-state index in [1.165, 1.54) is 0 Å². The molecule has 0 aromatic heterocycles. The molecule has 2 atom stereocenters.